The molecule has 0 atom stereocenters. The summed E-state index contributed by atoms with van der Waals surface area (Å²) in [5.74, 6) is 2.37. The van der Waals surface area contributed by atoms with E-state index in [9.17, 15) is 0 Å². The molecule has 0 bridgehead atoms. The quantitative estimate of drug-likeness (QED) is 0.590. The minimum absolute atomic E-state index is 0.573. The molecular formula is C15H24N4O. The van der Waals surface area contributed by atoms with Crippen molar-refractivity contribution in [2.24, 2.45) is 10.9 Å². The minimum Gasteiger partial charge on any atom is -0.478 e. The Labute approximate surface area is 120 Å². The molecule has 0 aliphatic heterocycles. The Morgan fingerprint density at radius 2 is 2.25 bits per heavy atom. The Balaban J connectivity index is 1.95. The largest absolute Gasteiger partial charge is 0.478 e. The van der Waals surface area contributed by atoms with Gasteiger partial charge in [-0.15, -0.1) is 0 Å². The van der Waals surface area contributed by atoms with Crippen molar-refractivity contribution >= 4 is 5.96 Å². The van der Waals surface area contributed by atoms with E-state index in [1.54, 1.807) is 6.20 Å². The van der Waals surface area contributed by atoms with Crippen LogP contribution in [0.25, 0.3) is 0 Å². The molecule has 1 heterocycles. The number of hydrogen-bond donors (Lipinski definition) is 2. The summed E-state index contributed by atoms with van der Waals surface area (Å²) in [4.78, 5) is 8.85. The molecule has 1 aliphatic rings. The molecule has 0 unspecified atom stereocenters. The number of nitrogens with zero attached hydrogens (tertiary/aromatic N) is 2. The molecule has 1 aromatic rings. The summed E-state index contributed by atoms with van der Waals surface area (Å²) in [6.07, 6.45) is 4.42. The molecule has 2 rings (SSSR count). The molecule has 20 heavy (non-hydrogen) atoms. The van der Waals surface area contributed by atoms with Crippen molar-refractivity contribution in [1.29, 1.82) is 0 Å². The van der Waals surface area contributed by atoms with Crippen LogP contribution in [0.5, 0.6) is 5.88 Å². The van der Waals surface area contributed by atoms with Crippen LogP contribution in [0.3, 0.4) is 0 Å². The highest BCUT2D eigenvalue weighted by Crippen LogP contribution is 2.27. The monoisotopic (exact) mass is 276 g/mol. The lowest BCUT2D eigenvalue weighted by Crippen LogP contribution is -2.38. The van der Waals surface area contributed by atoms with E-state index in [1.165, 1.54) is 12.8 Å². The second-order valence-corrected chi connectivity index (χ2v) is 4.92. The van der Waals surface area contributed by atoms with Crippen molar-refractivity contribution < 1.29 is 4.74 Å². The van der Waals surface area contributed by atoms with E-state index in [0.29, 0.717) is 19.0 Å². The Morgan fingerprint density at radius 1 is 1.40 bits per heavy atom. The number of pyridine rings is 1. The zero-order valence-corrected chi connectivity index (χ0v) is 12.4. The van der Waals surface area contributed by atoms with Crippen LogP contribution in [0.2, 0.25) is 0 Å². The van der Waals surface area contributed by atoms with Crippen LogP contribution >= 0.6 is 0 Å². The number of nitrogens with one attached hydrogen (secondary N) is 2. The molecule has 0 amide bonds. The summed E-state index contributed by atoms with van der Waals surface area (Å²) in [6.45, 7) is 7.10. The molecule has 1 saturated carbocycles. The van der Waals surface area contributed by atoms with Crippen molar-refractivity contribution in [3.05, 3.63) is 23.9 Å². The smallest absolute Gasteiger partial charge is 0.218 e. The molecule has 5 nitrogen and oxygen atoms in total. The molecule has 110 valence electrons. The Morgan fingerprint density at radius 3 is 2.95 bits per heavy atom. The molecule has 2 N–H and O–H groups in total. The summed E-state index contributed by atoms with van der Waals surface area (Å²) in [7, 11) is 0. The summed E-state index contributed by atoms with van der Waals surface area (Å²) < 4.78 is 5.52. The SMILES string of the molecule is CCNC(=NCc1cccnc1OCC)NCC1CC1. The molecule has 1 fully saturated rings. The van der Waals surface area contributed by atoms with Crippen molar-refractivity contribution in [1.82, 2.24) is 15.6 Å². The van der Waals surface area contributed by atoms with Crippen LogP contribution in [-0.2, 0) is 6.54 Å². The molecule has 0 radical (unpaired) electrons. The normalized spacial score (nSPS) is 15.0. The highest BCUT2D eigenvalue weighted by molar-refractivity contribution is 5.79. The topological polar surface area (TPSA) is 58.5 Å². The van der Waals surface area contributed by atoms with Gasteiger partial charge >= 0.3 is 0 Å². The molecule has 0 spiro atoms. The third kappa shape index (κ3) is 4.72. The van der Waals surface area contributed by atoms with Crippen molar-refractivity contribution in [2.45, 2.75) is 33.2 Å². The van der Waals surface area contributed by atoms with Gasteiger partial charge in [0.15, 0.2) is 5.96 Å². The number of ether oxygens (including phenoxy) is 1. The number of guanidine groups is 1. The fraction of sp³-hybridized carbons (Fsp3) is 0.600. The molecular weight excluding hydrogens is 252 g/mol. The van der Waals surface area contributed by atoms with E-state index in [0.717, 1.165) is 30.5 Å². The van der Waals surface area contributed by atoms with Crippen LogP contribution in [0, 0.1) is 5.92 Å². The Kier molecular flexibility index (Phi) is 5.65. The third-order valence-electron chi connectivity index (χ3n) is 3.14. The van der Waals surface area contributed by atoms with Crippen LogP contribution in [0.4, 0.5) is 0 Å². The van der Waals surface area contributed by atoms with Crippen LogP contribution in [-0.4, -0.2) is 30.6 Å². The van der Waals surface area contributed by atoms with E-state index in [4.69, 9.17) is 4.74 Å². The van der Waals surface area contributed by atoms with Gasteiger partial charge in [0.1, 0.15) is 0 Å². The molecule has 0 aromatic carbocycles. The average molecular weight is 276 g/mol. The predicted octanol–water partition coefficient (Wildman–Crippen LogP) is 1.95. The maximum absolute atomic E-state index is 5.52. The lowest BCUT2D eigenvalue weighted by atomic mass is 10.3. The first-order chi connectivity index (χ1) is 9.83. The summed E-state index contributed by atoms with van der Waals surface area (Å²) in [5.41, 5.74) is 1.01. The van der Waals surface area contributed by atoms with Gasteiger partial charge < -0.3 is 15.4 Å². The van der Waals surface area contributed by atoms with Gasteiger partial charge in [0.05, 0.1) is 13.2 Å². The lowest BCUT2D eigenvalue weighted by molar-refractivity contribution is 0.323. The minimum atomic E-state index is 0.573. The molecule has 1 aliphatic carbocycles. The average Bonchev–Trinajstić information content (AvgIpc) is 3.28. The van der Waals surface area contributed by atoms with Gasteiger partial charge in [0.2, 0.25) is 5.88 Å². The molecule has 1 aromatic heterocycles. The van der Waals surface area contributed by atoms with Crippen LogP contribution < -0.4 is 15.4 Å². The van der Waals surface area contributed by atoms with Gasteiger partial charge in [-0.2, -0.15) is 0 Å². The van der Waals surface area contributed by atoms with E-state index >= 15 is 0 Å². The Bertz CT molecular complexity index is 443. The van der Waals surface area contributed by atoms with Gasteiger partial charge in [0, 0.05) is 24.8 Å². The highest BCUT2D eigenvalue weighted by Gasteiger charge is 2.21. The standard InChI is InChI=1S/C15H24N4O/c1-3-16-15(18-10-12-7-8-12)19-11-13-6-5-9-17-14(13)20-4-2/h5-6,9,12H,3-4,7-8,10-11H2,1-2H3,(H2,16,18,19). The molecule has 0 saturated heterocycles. The second kappa shape index (κ2) is 7.72. The van der Waals surface area contributed by atoms with Gasteiger partial charge in [-0.1, -0.05) is 6.07 Å². The van der Waals surface area contributed by atoms with Crippen LogP contribution in [0.1, 0.15) is 32.3 Å². The maximum Gasteiger partial charge on any atom is 0.218 e. The van der Waals surface area contributed by atoms with Crippen molar-refractivity contribution in [3.8, 4) is 5.88 Å². The number of aromatic nitrogens is 1. The van der Waals surface area contributed by atoms with E-state index in [1.807, 2.05) is 19.1 Å². The number of hydrogen-bond acceptors (Lipinski definition) is 3. The highest BCUT2D eigenvalue weighted by atomic mass is 16.5. The third-order valence-corrected chi connectivity index (χ3v) is 3.14. The predicted molar refractivity (Wildman–Crippen MR) is 80.9 cm³/mol. The fourth-order valence-corrected chi connectivity index (χ4v) is 1.88. The molecule has 5 heteroatoms. The van der Waals surface area contributed by atoms with E-state index in [-0.39, 0.29) is 0 Å². The van der Waals surface area contributed by atoms with Crippen molar-refractivity contribution in [2.75, 3.05) is 19.7 Å². The second-order valence-electron chi connectivity index (χ2n) is 4.92. The maximum atomic E-state index is 5.52. The van der Waals surface area contributed by atoms with Crippen molar-refractivity contribution in [3.63, 3.8) is 0 Å². The zero-order valence-electron chi connectivity index (χ0n) is 12.4. The summed E-state index contributed by atoms with van der Waals surface area (Å²) in [6, 6.07) is 3.92. The van der Waals surface area contributed by atoms with Gasteiger partial charge in [-0.25, -0.2) is 9.98 Å². The lowest BCUT2D eigenvalue weighted by Gasteiger charge is -2.11. The van der Waals surface area contributed by atoms with Gasteiger partial charge in [0.25, 0.3) is 0 Å². The van der Waals surface area contributed by atoms with E-state index in [2.05, 4.69) is 27.5 Å². The van der Waals surface area contributed by atoms with Gasteiger partial charge in [-0.05, 0) is 38.7 Å². The fourth-order valence-electron chi connectivity index (χ4n) is 1.88. The Hall–Kier alpha value is -1.78. The number of rotatable bonds is 7. The summed E-state index contributed by atoms with van der Waals surface area (Å²) >= 11 is 0. The van der Waals surface area contributed by atoms with Crippen LogP contribution in [0.15, 0.2) is 23.3 Å². The summed E-state index contributed by atoms with van der Waals surface area (Å²) in [5, 5.41) is 6.65. The number of aliphatic imine (C=N–C) groups is 1. The van der Waals surface area contributed by atoms with Gasteiger partial charge in [-0.3, -0.25) is 0 Å². The van der Waals surface area contributed by atoms with E-state index < -0.39 is 0 Å². The first kappa shape index (κ1) is 14.6. The first-order valence-electron chi connectivity index (χ1n) is 7.42. The zero-order chi connectivity index (χ0) is 14.2. The first-order valence-corrected chi connectivity index (χ1v) is 7.42.